The van der Waals surface area contributed by atoms with Crippen LogP contribution in [-0.4, -0.2) is 23.3 Å². The summed E-state index contributed by atoms with van der Waals surface area (Å²) in [6, 6.07) is 17.0. The van der Waals surface area contributed by atoms with Crippen molar-refractivity contribution < 1.29 is 18.7 Å². The third-order valence-corrected chi connectivity index (χ3v) is 6.83. The summed E-state index contributed by atoms with van der Waals surface area (Å²) in [4.78, 5) is 40.1. The molecule has 0 saturated heterocycles. The van der Waals surface area contributed by atoms with Gasteiger partial charge in [-0.05, 0) is 66.4 Å². The van der Waals surface area contributed by atoms with Gasteiger partial charge in [-0.25, -0.2) is 0 Å². The van der Waals surface area contributed by atoms with Crippen LogP contribution in [0.5, 0.6) is 5.75 Å². The average Bonchev–Trinajstić information content (AvgIpc) is 3.12. The summed E-state index contributed by atoms with van der Waals surface area (Å²) >= 11 is 6.41. The average molecular weight is 503 g/mol. The number of nitrogens with two attached hydrogens (primary N) is 1. The Morgan fingerprint density at radius 2 is 1.75 bits per heavy atom. The lowest BCUT2D eigenvalue weighted by atomic mass is 9.97. The number of hydrogen-bond donors (Lipinski definition) is 1. The zero-order valence-corrected chi connectivity index (χ0v) is 20.5. The molecule has 1 aliphatic heterocycles. The summed E-state index contributed by atoms with van der Waals surface area (Å²) < 4.78 is 11.4. The normalized spacial score (nSPS) is 14.8. The van der Waals surface area contributed by atoms with Gasteiger partial charge in [0.05, 0.1) is 17.0 Å². The second kappa shape index (κ2) is 9.17. The molecule has 1 atom stereocenters. The third-order valence-electron chi connectivity index (χ3n) is 6.46. The van der Waals surface area contributed by atoms with E-state index in [2.05, 4.69) is 0 Å². The first-order valence-electron chi connectivity index (χ1n) is 11.4. The van der Waals surface area contributed by atoms with Crippen molar-refractivity contribution in [1.29, 1.82) is 0 Å². The molecule has 1 aromatic heterocycles. The Balaban J connectivity index is 1.66. The number of carbonyl (C=O) groups excluding carboxylic acids is 2. The van der Waals surface area contributed by atoms with Gasteiger partial charge < -0.3 is 19.8 Å². The molecule has 2 amide bonds. The highest BCUT2D eigenvalue weighted by Crippen LogP contribution is 2.40. The van der Waals surface area contributed by atoms with Crippen LogP contribution < -0.4 is 15.9 Å². The van der Waals surface area contributed by atoms with Crippen LogP contribution in [0.3, 0.4) is 0 Å². The maximum absolute atomic E-state index is 13.8. The number of amides is 2. The highest BCUT2D eigenvalue weighted by atomic mass is 35.5. The SMILES string of the molecule is Cc1cc2oc3c(c(=O)c2cc1C)C(c1ccc(OCC(N)=O)cc1)N(Cc1ccccc1Cl)C3=O. The van der Waals surface area contributed by atoms with E-state index in [0.717, 1.165) is 16.7 Å². The number of carbonyl (C=O) groups is 2. The molecule has 0 saturated carbocycles. The summed E-state index contributed by atoms with van der Waals surface area (Å²) in [5, 5.41) is 0.946. The van der Waals surface area contributed by atoms with E-state index in [-0.39, 0.29) is 35.8 Å². The lowest BCUT2D eigenvalue weighted by molar-refractivity contribution is -0.119. The Bertz CT molecular complexity index is 1580. The molecule has 7 nitrogen and oxygen atoms in total. The fourth-order valence-electron chi connectivity index (χ4n) is 4.50. The van der Waals surface area contributed by atoms with Crippen molar-refractivity contribution >= 4 is 34.4 Å². The number of hydrogen-bond acceptors (Lipinski definition) is 5. The predicted molar refractivity (Wildman–Crippen MR) is 136 cm³/mol. The van der Waals surface area contributed by atoms with Crippen LogP contribution in [0.4, 0.5) is 0 Å². The summed E-state index contributed by atoms with van der Waals surface area (Å²) in [6.45, 7) is 3.79. The van der Waals surface area contributed by atoms with Gasteiger partial charge in [0.25, 0.3) is 11.8 Å². The zero-order chi connectivity index (χ0) is 25.6. The van der Waals surface area contributed by atoms with Gasteiger partial charge in [0.2, 0.25) is 5.76 Å². The first-order chi connectivity index (χ1) is 17.2. The van der Waals surface area contributed by atoms with Crippen molar-refractivity contribution in [2.75, 3.05) is 6.61 Å². The van der Waals surface area contributed by atoms with E-state index in [1.165, 1.54) is 0 Å². The number of benzene rings is 3. The highest BCUT2D eigenvalue weighted by molar-refractivity contribution is 6.31. The van der Waals surface area contributed by atoms with Gasteiger partial charge in [0.1, 0.15) is 11.3 Å². The number of nitrogens with zero attached hydrogens (tertiary/aromatic N) is 1. The van der Waals surface area contributed by atoms with E-state index in [4.69, 9.17) is 26.5 Å². The second-order valence-corrected chi connectivity index (χ2v) is 9.26. The molecule has 8 heteroatoms. The molecule has 1 aliphatic rings. The van der Waals surface area contributed by atoms with E-state index in [9.17, 15) is 14.4 Å². The summed E-state index contributed by atoms with van der Waals surface area (Å²) in [5.41, 5.74) is 8.94. The molecular weight excluding hydrogens is 480 g/mol. The molecule has 4 aromatic rings. The minimum absolute atomic E-state index is 0.0295. The predicted octanol–water partition coefficient (Wildman–Crippen LogP) is 4.67. The topological polar surface area (TPSA) is 103 Å². The van der Waals surface area contributed by atoms with Gasteiger partial charge in [-0.15, -0.1) is 0 Å². The first-order valence-corrected chi connectivity index (χ1v) is 11.8. The van der Waals surface area contributed by atoms with Gasteiger partial charge in [-0.1, -0.05) is 41.9 Å². The minimum atomic E-state index is -0.698. The number of fused-ring (bicyclic) bond motifs is 2. The van der Waals surface area contributed by atoms with Crippen LogP contribution >= 0.6 is 11.6 Å². The van der Waals surface area contributed by atoms with Crippen LogP contribution in [0.2, 0.25) is 5.02 Å². The number of halogens is 1. The van der Waals surface area contributed by atoms with Crippen LogP contribution in [-0.2, 0) is 11.3 Å². The number of ether oxygens (including phenoxy) is 1. The van der Waals surface area contributed by atoms with Crippen molar-refractivity contribution in [3.05, 3.63) is 109 Å². The van der Waals surface area contributed by atoms with Gasteiger partial charge in [-0.2, -0.15) is 0 Å². The Kier molecular flexibility index (Phi) is 6.02. The highest BCUT2D eigenvalue weighted by Gasteiger charge is 2.43. The van der Waals surface area contributed by atoms with Crippen LogP contribution in [0.25, 0.3) is 11.0 Å². The molecule has 1 unspecified atom stereocenters. The Morgan fingerprint density at radius 3 is 2.44 bits per heavy atom. The van der Waals surface area contributed by atoms with E-state index in [1.807, 2.05) is 32.0 Å². The van der Waals surface area contributed by atoms with E-state index < -0.39 is 11.9 Å². The van der Waals surface area contributed by atoms with Gasteiger partial charge in [0.15, 0.2) is 12.0 Å². The number of primary amides is 1. The van der Waals surface area contributed by atoms with Crippen molar-refractivity contribution in [2.45, 2.75) is 26.4 Å². The first kappa shape index (κ1) is 23.6. The van der Waals surface area contributed by atoms with E-state index in [1.54, 1.807) is 47.4 Å². The van der Waals surface area contributed by atoms with Crippen molar-refractivity contribution in [2.24, 2.45) is 5.73 Å². The lowest BCUT2D eigenvalue weighted by Crippen LogP contribution is -2.29. The lowest BCUT2D eigenvalue weighted by Gasteiger charge is -2.25. The minimum Gasteiger partial charge on any atom is -0.484 e. The quantitative estimate of drug-likeness (QED) is 0.412. The van der Waals surface area contributed by atoms with Gasteiger partial charge >= 0.3 is 0 Å². The zero-order valence-electron chi connectivity index (χ0n) is 19.7. The van der Waals surface area contributed by atoms with E-state index in [0.29, 0.717) is 27.3 Å². The molecule has 0 aliphatic carbocycles. The Hall–Kier alpha value is -4.10. The summed E-state index contributed by atoms with van der Waals surface area (Å²) in [6.07, 6.45) is 0. The molecule has 0 spiro atoms. The molecule has 3 aromatic carbocycles. The van der Waals surface area contributed by atoms with Crippen molar-refractivity contribution in [1.82, 2.24) is 4.90 Å². The molecule has 182 valence electrons. The molecule has 2 heterocycles. The molecule has 0 radical (unpaired) electrons. The van der Waals surface area contributed by atoms with Crippen LogP contribution in [0.1, 0.15) is 44.4 Å². The van der Waals surface area contributed by atoms with Crippen molar-refractivity contribution in [3.8, 4) is 5.75 Å². The second-order valence-electron chi connectivity index (χ2n) is 8.86. The molecule has 5 rings (SSSR count). The largest absolute Gasteiger partial charge is 0.484 e. The molecule has 2 N–H and O–H groups in total. The van der Waals surface area contributed by atoms with Gasteiger partial charge in [0, 0.05) is 11.6 Å². The van der Waals surface area contributed by atoms with Gasteiger partial charge in [-0.3, -0.25) is 14.4 Å². The van der Waals surface area contributed by atoms with Crippen LogP contribution in [0, 0.1) is 13.8 Å². The fraction of sp³-hybridized carbons (Fsp3) is 0.179. The molecule has 0 fully saturated rings. The summed E-state index contributed by atoms with van der Waals surface area (Å²) in [7, 11) is 0. The molecule has 0 bridgehead atoms. The standard InChI is InChI=1S/C28H23ClN2O5/c1-15-11-20-22(12-16(15)2)36-27-24(26(20)33)25(17-7-9-19(10-8-17)35-14-23(30)32)31(28(27)34)13-18-5-3-4-6-21(18)29/h3-12,25H,13-14H2,1-2H3,(H2,30,32). The van der Waals surface area contributed by atoms with E-state index >= 15 is 0 Å². The Morgan fingerprint density at radius 1 is 1.06 bits per heavy atom. The third kappa shape index (κ3) is 4.12. The monoisotopic (exact) mass is 502 g/mol. The maximum Gasteiger partial charge on any atom is 0.291 e. The Labute approximate surface area is 212 Å². The molecule has 36 heavy (non-hydrogen) atoms. The van der Waals surface area contributed by atoms with Crippen molar-refractivity contribution in [3.63, 3.8) is 0 Å². The smallest absolute Gasteiger partial charge is 0.291 e. The molecular formula is C28H23ClN2O5. The number of rotatable bonds is 6. The summed E-state index contributed by atoms with van der Waals surface area (Å²) in [5.74, 6) is -0.505. The fourth-order valence-corrected chi connectivity index (χ4v) is 4.69. The maximum atomic E-state index is 13.8. The van der Waals surface area contributed by atoms with Crippen LogP contribution in [0.15, 0.2) is 69.9 Å². The number of aryl methyl sites for hydroxylation is 2.